The first kappa shape index (κ1) is 23.1. The maximum Gasteiger partial charge on any atom is 0.351 e. The molecule has 3 fully saturated rings. The van der Waals surface area contributed by atoms with E-state index in [0.717, 1.165) is 0 Å². The summed E-state index contributed by atoms with van der Waals surface area (Å²) in [7, 11) is 0. The number of carbonyl (C=O) groups is 3. The van der Waals surface area contributed by atoms with Gasteiger partial charge in [0.15, 0.2) is 11.5 Å². The van der Waals surface area contributed by atoms with Gasteiger partial charge < -0.3 is 14.6 Å². The van der Waals surface area contributed by atoms with Gasteiger partial charge in [-0.2, -0.15) is 0 Å². The van der Waals surface area contributed by atoms with E-state index in [1.165, 1.54) is 19.1 Å². The van der Waals surface area contributed by atoms with Crippen molar-refractivity contribution in [3.8, 4) is 0 Å². The molecule has 0 aromatic rings. The third-order valence-electron chi connectivity index (χ3n) is 9.06. The number of esters is 2. The molecule has 4 aliphatic rings. The number of alkyl halides is 1. The molecule has 7 heteroatoms. The maximum atomic E-state index is 17.2. The SMILES string of the molecule is CCOC(=O)[C@@]1(OC(C)=O)[C@@H](C)CC2C3CCC4=CC(=O)C=CC4(C)C3(F)[C@@H](O)CC21C. The summed E-state index contributed by atoms with van der Waals surface area (Å²) in [6.45, 7) is 8.49. The van der Waals surface area contributed by atoms with Gasteiger partial charge in [-0.1, -0.05) is 25.5 Å². The lowest BCUT2D eigenvalue weighted by atomic mass is 9.44. The minimum absolute atomic E-state index is 0.0498. The second-order valence-corrected chi connectivity index (χ2v) is 10.5. The van der Waals surface area contributed by atoms with E-state index in [2.05, 4.69) is 0 Å². The fourth-order valence-electron chi connectivity index (χ4n) is 7.69. The quantitative estimate of drug-likeness (QED) is 0.665. The third kappa shape index (κ3) is 2.63. The highest BCUT2D eigenvalue weighted by Crippen LogP contribution is 2.71. The van der Waals surface area contributed by atoms with E-state index in [-0.39, 0.29) is 24.7 Å². The van der Waals surface area contributed by atoms with E-state index >= 15 is 4.39 Å². The number of ether oxygens (including phenoxy) is 2. The zero-order valence-electron chi connectivity index (χ0n) is 19.4. The first-order valence-electron chi connectivity index (χ1n) is 11.6. The molecule has 0 aromatic heterocycles. The molecule has 1 N–H and O–H groups in total. The molecule has 0 aromatic carbocycles. The smallest absolute Gasteiger partial charge is 0.351 e. The lowest BCUT2D eigenvalue weighted by Gasteiger charge is -2.62. The number of aliphatic hydroxyl groups excluding tert-OH is 1. The second-order valence-electron chi connectivity index (χ2n) is 10.5. The Morgan fingerprint density at radius 2 is 1.97 bits per heavy atom. The molecule has 6 nitrogen and oxygen atoms in total. The molecule has 0 spiro atoms. The Bertz CT molecular complexity index is 925. The van der Waals surface area contributed by atoms with E-state index in [1.807, 2.05) is 13.8 Å². The molecule has 0 amide bonds. The van der Waals surface area contributed by atoms with Crippen LogP contribution in [-0.4, -0.2) is 46.8 Å². The monoisotopic (exact) mass is 448 g/mol. The average molecular weight is 449 g/mol. The number of hydrogen-bond acceptors (Lipinski definition) is 6. The molecule has 0 heterocycles. The maximum absolute atomic E-state index is 17.2. The van der Waals surface area contributed by atoms with Crippen molar-refractivity contribution >= 4 is 17.7 Å². The molecule has 0 radical (unpaired) electrons. The summed E-state index contributed by atoms with van der Waals surface area (Å²) >= 11 is 0. The summed E-state index contributed by atoms with van der Waals surface area (Å²) in [5.41, 5.74) is -4.98. The summed E-state index contributed by atoms with van der Waals surface area (Å²) in [5, 5.41) is 11.4. The number of carbonyl (C=O) groups excluding carboxylic acids is 3. The van der Waals surface area contributed by atoms with Crippen LogP contribution >= 0.6 is 0 Å². The molecule has 0 aliphatic heterocycles. The Morgan fingerprint density at radius 3 is 2.59 bits per heavy atom. The van der Waals surface area contributed by atoms with Crippen molar-refractivity contribution in [3.05, 3.63) is 23.8 Å². The summed E-state index contributed by atoms with van der Waals surface area (Å²) in [6.07, 6.45) is 4.48. The topological polar surface area (TPSA) is 89.9 Å². The van der Waals surface area contributed by atoms with E-state index in [9.17, 15) is 19.5 Å². The molecule has 5 unspecified atom stereocenters. The van der Waals surface area contributed by atoms with E-state index in [4.69, 9.17) is 9.47 Å². The van der Waals surface area contributed by atoms with Crippen LogP contribution in [-0.2, 0) is 23.9 Å². The normalized spacial score (nSPS) is 47.1. The molecule has 3 saturated carbocycles. The van der Waals surface area contributed by atoms with Gasteiger partial charge in [-0.25, -0.2) is 9.18 Å². The van der Waals surface area contributed by atoms with Gasteiger partial charge in [-0.15, -0.1) is 0 Å². The number of aliphatic hydroxyl groups is 1. The number of allylic oxidation sites excluding steroid dienone is 4. The summed E-state index contributed by atoms with van der Waals surface area (Å²) in [5.74, 6) is -2.67. The summed E-state index contributed by atoms with van der Waals surface area (Å²) in [6, 6.07) is 0. The van der Waals surface area contributed by atoms with Crippen molar-refractivity contribution in [2.75, 3.05) is 6.61 Å². The number of fused-ring (bicyclic) bond motifs is 5. The molecular weight excluding hydrogens is 415 g/mol. The van der Waals surface area contributed by atoms with Crippen LogP contribution in [0.3, 0.4) is 0 Å². The number of ketones is 1. The third-order valence-corrected chi connectivity index (χ3v) is 9.06. The molecule has 0 bridgehead atoms. The first-order valence-corrected chi connectivity index (χ1v) is 11.6. The fourth-order valence-corrected chi connectivity index (χ4v) is 7.69. The summed E-state index contributed by atoms with van der Waals surface area (Å²) in [4.78, 5) is 37.4. The van der Waals surface area contributed by atoms with Crippen LogP contribution in [0.25, 0.3) is 0 Å². The molecule has 0 saturated heterocycles. The van der Waals surface area contributed by atoms with Crippen molar-refractivity contribution in [3.63, 3.8) is 0 Å². The highest BCUT2D eigenvalue weighted by molar-refractivity contribution is 6.01. The Morgan fingerprint density at radius 1 is 1.28 bits per heavy atom. The van der Waals surface area contributed by atoms with Gasteiger partial charge in [-0.05, 0) is 57.6 Å². The number of rotatable bonds is 3. The summed E-state index contributed by atoms with van der Waals surface area (Å²) < 4.78 is 28.3. The van der Waals surface area contributed by atoms with Crippen LogP contribution < -0.4 is 0 Å². The van der Waals surface area contributed by atoms with Gasteiger partial charge in [0.05, 0.1) is 12.7 Å². The molecule has 32 heavy (non-hydrogen) atoms. The molecule has 4 rings (SSSR count). The van der Waals surface area contributed by atoms with Crippen LogP contribution in [0.4, 0.5) is 4.39 Å². The predicted octanol–water partition coefficient (Wildman–Crippen LogP) is 3.47. The van der Waals surface area contributed by atoms with E-state index in [1.54, 1.807) is 19.9 Å². The van der Waals surface area contributed by atoms with Gasteiger partial charge >= 0.3 is 11.9 Å². The Labute approximate surface area is 188 Å². The second kappa shape index (κ2) is 7.24. The highest BCUT2D eigenvalue weighted by Gasteiger charge is 2.77. The zero-order chi connectivity index (χ0) is 23.7. The van der Waals surface area contributed by atoms with Crippen molar-refractivity contribution in [1.82, 2.24) is 0 Å². The zero-order valence-corrected chi connectivity index (χ0v) is 19.4. The standard InChI is InChI=1S/C25H33FO6/c1-6-31-21(30)25(32-15(3)27)14(2)11-19-18-8-7-16-12-17(28)9-10-22(16,4)24(18,26)20(29)13-23(19,25)5/h9-10,12,14,18-20,29H,6-8,11,13H2,1-5H3/t14-,18?,19?,20-,22?,23?,24?,25-/m0/s1. The average Bonchev–Trinajstić information content (AvgIpc) is 2.91. The Kier molecular flexibility index (Phi) is 5.24. The molecule has 8 atom stereocenters. The van der Waals surface area contributed by atoms with Gasteiger partial charge in [-0.3, -0.25) is 9.59 Å². The fraction of sp³-hybridized carbons (Fsp3) is 0.720. The van der Waals surface area contributed by atoms with Crippen molar-refractivity contribution < 1.29 is 33.4 Å². The molecule has 4 aliphatic carbocycles. The van der Waals surface area contributed by atoms with Crippen LogP contribution in [0.2, 0.25) is 0 Å². The number of hydrogen-bond donors (Lipinski definition) is 1. The van der Waals surface area contributed by atoms with Gasteiger partial charge in [0.2, 0.25) is 5.60 Å². The Balaban J connectivity index is 1.85. The van der Waals surface area contributed by atoms with E-state index in [0.29, 0.717) is 24.8 Å². The largest absolute Gasteiger partial charge is 0.463 e. The molecular formula is C25H33FO6. The van der Waals surface area contributed by atoms with Crippen LogP contribution in [0.15, 0.2) is 23.8 Å². The Hall–Kier alpha value is -2.02. The van der Waals surface area contributed by atoms with Crippen LogP contribution in [0.1, 0.15) is 60.3 Å². The van der Waals surface area contributed by atoms with Crippen molar-refractivity contribution in [2.45, 2.75) is 77.7 Å². The highest BCUT2D eigenvalue weighted by atomic mass is 19.1. The van der Waals surface area contributed by atoms with Crippen LogP contribution in [0, 0.1) is 28.6 Å². The lowest BCUT2D eigenvalue weighted by Crippen LogP contribution is -2.70. The van der Waals surface area contributed by atoms with Gasteiger partial charge in [0.1, 0.15) is 0 Å². The van der Waals surface area contributed by atoms with Gasteiger partial charge in [0, 0.05) is 29.6 Å². The van der Waals surface area contributed by atoms with Crippen LogP contribution in [0.5, 0.6) is 0 Å². The minimum atomic E-state index is -2.00. The lowest BCUT2D eigenvalue weighted by molar-refractivity contribution is -0.235. The molecule has 176 valence electrons. The van der Waals surface area contributed by atoms with Crippen molar-refractivity contribution in [1.29, 1.82) is 0 Å². The van der Waals surface area contributed by atoms with Crippen molar-refractivity contribution in [2.24, 2.45) is 28.6 Å². The predicted molar refractivity (Wildman–Crippen MR) is 114 cm³/mol. The number of halogens is 1. The van der Waals surface area contributed by atoms with E-state index < -0.39 is 52.0 Å². The first-order chi connectivity index (χ1) is 14.9. The van der Waals surface area contributed by atoms with Gasteiger partial charge in [0.25, 0.3) is 0 Å². The minimum Gasteiger partial charge on any atom is -0.463 e.